The number of hydrogen-bond acceptors (Lipinski definition) is 2. The first kappa shape index (κ1) is 17.5. The first-order valence-corrected chi connectivity index (χ1v) is 8.55. The van der Waals surface area contributed by atoms with Crippen molar-refractivity contribution in [3.05, 3.63) is 35.4 Å². The molecule has 0 atom stereocenters. The first-order chi connectivity index (χ1) is 10.9. The van der Waals surface area contributed by atoms with E-state index < -0.39 is 0 Å². The van der Waals surface area contributed by atoms with Gasteiger partial charge in [0.2, 0.25) is 5.91 Å². The Kier molecular flexibility index (Phi) is 5.80. The fourth-order valence-electron chi connectivity index (χ4n) is 2.93. The smallest absolute Gasteiger partial charge is 0.253 e. The predicted molar refractivity (Wildman–Crippen MR) is 92.3 cm³/mol. The zero-order valence-electron chi connectivity index (χ0n) is 14.7. The molecule has 0 unspecified atom stereocenters. The van der Waals surface area contributed by atoms with Gasteiger partial charge in [-0.1, -0.05) is 39.8 Å². The summed E-state index contributed by atoms with van der Waals surface area (Å²) >= 11 is 0. The van der Waals surface area contributed by atoms with E-state index in [1.807, 2.05) is 47.9 Å². The third kappa shape index (κ3) is 4.57. The molecule has 1 aromatic carbocycles. The van der Waals surface area contributed by atoms with Crippen LogP contribution in [0.4, 0.5) is 0 Å². The lowest BCUT2D eigenvalue weighted by atomic mass is 10.0. The van der Waals surface area contributed by atoms with Gasteiger partial charge in [-0.2, -0.15) is 0 Å². The van der Waals surface area contributed by atoms with Gasteiger partial charge in [0, 0.05) is 37.7 Å². The lowest BCUT2D eigenvalue weighted by Crippen LogP contribution is -2.51. The van der Waals surface area contributed by atoms with Crippen LogP contribution >= 0.6 is 0 Å². The van der Waals surface area contributed by atoms with E-state index in [0.717, 1.165) is 12.0 Å². The fourth-order valence-corrected chi connectivity index (χ4v) is 2.93. The highest BCUT2D eigenvalue weighted by molar-refractivity contribution is 5.94. The zero-order valence-corrected chi connectivity index (χ0v) is 14.7. The first-order valence-electron chi connectivity index (χ1n) is 8.55. The van der Waals surface area contributed by atoms with Crippen molar-refractivity contribution in [2.45, 2.75) is 34.1 Å². The van der Waals surface area contributed by atoms with Gasteiger partial charge in [-0.25, -0.2) is 0 Å². The summed E-state index contributed by atoms with van der Waals surface area (Å²) in [7, 11) is 0. The van der Waals surface area contributed by atoms with E-state index >= 15 is 0 Å². The predicted octanol–water partition coefficient (Wildman–Crippen LogP) is 2.83. The Balaban J connectivity index is 1.93. The molecule has 0 aliphatic carbocycles. The molecule has 0 spiro atoms. The minimum Gasteiger partial charge on any atom is -0.339 e. The molecule has 0 bridgehead atoms. The Morgan fingerprint density at radius 3 is 1.91 bits per heavy atom. The average Bonchev–Trinajstić information content (AvgIpc) is 2.53. The molecule has 4 nitrogen and oxygen atoms in total. The highest BCUT2D eigenvalue weighted by atomic mass is 16.2. The normalized spacial score (nSPS) is 15.4. The number of benzene rings is 1. The maximum absolute atomic E-state index is 12.6. The third-order valence-corrected chi connectivity index (χ3v) is 4.22. The minimum absolute atomic E-state index is 0.0192. The molecular formula is C19H28N2O2. The Hall–Kier alpha value is -1.84. The molecule has 2 amide bonds. The second-order valence-electron chi connectivity index (χ2n) is 7.07. The van der Waals surface area contributed by atoms with Gasteiger partial charge in [0.05, 0.1) is 0 Å². The van der Waals surface area contributed by atoms with E-state index in [-0.39, 0.29) is 17.7 Å². The summed E-state index contributed by atoms with van der Waals surface area (Å²) in [5.41, 5.74) is 2.00. The summed E-state index contributed by atoms with van der Waals surface area (Å²) in [6.07, 6.45) is 1.03. The van der Waals surface area contributed by atoms with E-state index in [1.54, 1.807) is 0 Å². The van der Waals surface area contributed by atoms with E-state index in [1.165, 1.54) is 5.56 Å². The largest absolute Gasteiger partial charge is 0.339 e. The number of carbonyl (C=O) groups is 2. The molecule has 1 aliphatic rings. The van der Waals surface area contributed by atoms with Gasteiger partial charge in [0.25, 0.3) is 5.91 Å². The van der Waals surface area contributed by atoms with E-state index in [2.05, 4.69) is 13.8 Å². The summed E-state index contributed by atoms with van der Waals surface area (Å²) in [4.78, 5) is 28.3. The average molecular weight is 316 g/mol. The lowest BCUT2D eigenvalue weighted by Gasteiger charge is -2.35. The highest BCUT2D eigenvalue weighted by Gasteiger charge is 2.25. The molecule has 1 aliphatic heterocycles. The molecule has 4 heteroatoms. The quantitative estimate of drug-likeness (QED) is 0.857. The number of amides is 2. The molecule has 0 saturated carbocycles. The standard InChI is InChI=1S/C19H28N2O2/c1-14(2)13-16-5-7-17(8-6-16)19(23)21-11-9-20(10-12-21)18(22)15(3)4/h5-8,14-15H,9-13H2,1-4H3. The van der Waals surface area contributed by atoms with Gasteiger partial charge in [-0.05, 0) is 30.0 Å². The Morgan fingerprint density at radius 2 is 1.43 bits per heavy atom. The van der Waals surface area contributed by atoms with Crippen molar-refractivity contribution in [2.75, 3.05) is 26.2 Å². The second-order valence-corrected chi connectivity index (χ2v) is 7.07. The number of hydrogen-bond donors (Lipinski definition) is 0. The van der Waals surface area contributed by atoms with Crippen molar-refractivity contribution >= 4 is 11.8 Å². The van der Waals surface area contributed by atoms with Gasteiger partial charge in [0.1, 0.15) is 0 Å². The molecule has 126 valence electrons. The van der Waals surface area contributed by atoms with Gasteiger partial charge < -0.3 is 9.80 Å². The SMILES string of the molecule is CC(C)Cc1ccc(C(=O)N2CCN(C(=O)C(C)C)CC2)cc1. The van der Waals surface area contributed by atoms with Crippen LogP contribution in [0.3, 0.4) is 0 Å². The van der Waals surface area contributed by atoms with E-state index in [9.17, 15) is 9.59 Å². The van der Waals surface area contributed by atoms with Crippen molar-refractivity contribution in [3.8, 4) is 0 Å². The Morgan fingerprint density at radius 1 is 0.913 bits per heavy atom. The van der Waals surface area contributed by atoms with Crippen LogP contribution in [0.25, 0.3) is 0 Å². The van der Waals surface area contributed by atoms with Crippen molar-refractivity contribution < 1.29 is 9.59 Å². The molecule has 0 N–H and O–H groups in total. The van der Waals surface area contributed by atoms with Crippen LogP contribution in [0, 0.1) is 11.8 Å². The van der Waals surface area contributed by atoms with Crippen LogP contribution < -0.4 is 0 Å². The van der Waals surface area contributed by atoms with Crippen LogP contribution in [0.5, 0.6) is 0 Å². The highest BCUT2D eigenvalue weighted by Crippen LogP contribution is 2.14. The van der Waals surface area contributed by atoms with Crippen LogP contribution in [0.1, 0.15) is 43.6 Å². The molecule has 23 heavy (non-hydrogen) atoms. The van der Waals surface area contributed by atoms with Crippen LogP contribution in [0.15, 0.2) is 24.3 Å². The van der Waals surface area contributed by atoms with Crippen LogP contribution in [0.2, 0.25) is 0 Å². The van der Waals surface area contributed by atoms with Crippen molar-refractivity contribution in [1.29, 1.82) is 0 Å². The van der Waals surface area contributed by atoms with Crippen molar-refractivity contribution in [3.63, 3.8) is 0 Å². The summed E-state index contributed by atoms with van der Waals surface area (Å²) < 4.78 is 0. The molecule has 2 rings (SSSR count). The monoisotopic (exact) mass is 316 g/mol. The molecule has 0 radical (unpaired) electrons. The molecule has 1 heterocycles. The Bertz CT molecular complexity index is 541. The zero-order chi connectivity index (χ0) is 17.0. The lowest BCUT2D eigenvalue weighted by molar-refractivity contribution is -0.135. The minimum atomic E-state index is 0.0192. The van der Waals surface area contributed by atoms with Gasteiger partial charge in [-0.15, -0.1) is 0 Å². The van der Waals surface area contributed by atoms with Crippen LogP contribution in [-0.2, 0) is 11.2 Å². The van der Waals surface area contributed by atoms with Gasteiger partial charge >= 0.3 is 0 Å². The van der Waals surface area contributed by atoms with Crippen LogP contribution in [-0.4, -0.2) is 47.8 Å². The maximum atomic E-state index is 12.6. The summed E-state index contributed by atoms with van der Waals surface area (Å²) in [5.74, 6) is 0.877. The number of carbonyl (C=O) groups excluding carboxylic acids is 2. The topological polar surface area (TPSA) is 40.6 Å². The van der Waals surface area contributed by atoms with E-state index in [0.29, 0.717) is 32.1 Å². The number of nitrogens with zero attached hydrogens (tertiary/aromatic N) is 2. The van der Waals surface area contributed by atoms with Gasteiger partial charge in [-0.3, -0.25) is 9.59 Å². The van der Waals surface area contributed by atoms with Crippen molar-refractivity contribution in [1.82, 2.24) is 9.80 Å². The number of rotatable bonds is 4. The van der Waals surface area contributed by atoms with Crippen molar-refractivity contribution in [2.24, 2.45) is 11.8 Å². The molecule has 1 saturated heterocycles. The summed E-state index contributed by atoms with van der Waals surface area (Å²) in [5, 5.41) is 0. The molecule has 1 aromatic rings. The fraction of sp³-hybridized carbons (Fsp3) is 0.579. The van der Waals surface area contributed by atoms with Gasteiger partial charge in [0.15, 0.2) is 0 Å². The van der Waals surface area contributed by atoms with E-state index in [4.69, 9.17) is 0 Å². The molecule has 1 fully saturated rings. The second kappa shape index (κ2) is 7.62. The number of piperazine rings is 1. The Labute approximate surface area is 139 Å². The third-order valence-electron chi connectivity index (χ3n) is 4.22. The summed E-state index contributed by atoms with van der Waals surface area (Å²) in [6, 6.07) is 7.94. The molecular weight excluding hydrogens is 288 g/mol. The molecule has 0 aromatic heterocycles. The maximum Gasteiger partial charge on any atom is 0.253 e. The summed E-state index contributed by atoms with van der Waals surface area (Å²) in [6.45, 7) is 10.7.